The first-order chi connectivity index (χ1) is 18.8. The second-order valence-corrected chi connectivity index (χ2v) is 10.2. The summed E-state index contributed by atoms with van der Waals surface area (Å²) in [7, 11) is 0. The minimum atomic E-state index is -0.880. The van der Waals surface area contributed by atoms with Crippen molar-refractivity contribution in [3.8, 4) is 0 Å². The standard InChI is InChI=1S/C29H36N6O4/c1-5-39-20(4)25-18(2)23-17-31-27(19(3)26(23)35(28(25)36)21-8-6-7-9-21)32-24-11-10-22(16-30-24)33-12-14-34(15-13-33)29(37)38/h10-11,16-17,21H,4-9,12-15H2,1-3H3,(H,37,38)(H,30,31,32). The lowest BCUT2D eigenvalue weighted by Gasteiger charge is -2.34. The summed E-state index contributed by atoms with van der Waals surface area (Å²) in [6.07, 6.45) is 6.87. The number of fused-ring (bicyclic) bond motifs is 1. The number of hydrogen-bond donors (Lipinski definition) is 2. The number of anilines is 3. The van der Waals surface area contributed by atoms with Crippen molar-refractivity contribution in [1.82, 2.24) is 19.4 Å². The fourth-order valence-electron chi connectivity index (χ4n) is 5.84. The molecule has 4 heterocycles. The van der Waals surface area contributed by atoms with Crippen LogP contribution in [-0.4, -0.2) is 63.4 Å². The monoisotopic (exact) mass is 532 g/mol. The molecule has 2 aliphatic rings. The lowest BCUT2D eigenvalue weighted by atomic mass is 10.0. The van der Waals surface area contributed by atoms with E-state index in [0.717, 1.165) is 53.4 Å². The molecule has 0 spiro atoms. The first-order valence-corrected chi connectivity index (χ1v) is 13.6. The molecule has 1 aliphatic carbocycles. The predicted octanol–water partition coefficient (Wildman–Crippen LogP) is 5.07. The van der Waals surface area contributed by atoms with E-state index < -0.39 is 6.09 Å². The first-order valence-electron chi connectivity index (χ1n) is 13.6. The minimum Gasteiger partial charge on any atom is -0.494 e. The summed E-state index contributed by atoms with van der Waals surface area (Å²) in [4.78, 5) is 38.0. The summed E-state index contributed by atoms with van der Waals surface area (Å²) < 4.78 is 7.63. The number of ether oxygens (including phenoxy) is 1. The summed E-state index contributed by atoms with van der Waals surface area (Å²) in [5, 5.41) is 13.4. The molecule has 0 unspecified atom stereocenters. The number of pyridine rings is 3. The number of carboxylic acid groups (broad SMARTS) is 1. The van der Waals surface area contributed by atoms with Gasteiger partial charge in [0.05, 0.1) is 29.6 Å². The van der Waals surface area contributed by atoms with Crippen LogP contribution in [0.3, 0.4) is 0 Å². The van der Waals surface area contributed by atoms with E-state index in [2.05, 4.69) is 21.8 Å². The molecule has 2 fully saturated rings. The number of hydrogen-bond acceptors (Lipinski definition) is 7. The summed E-state index contributed by atoms with van der Waals surface area (Å²) in [5.41, 5.74) is 4.03. The lowest BCUT2D eigenvalue weighted by Crippen LogP contribution is -2.48. The van der Waals surface area contributed by atoms with E-state index in [1.807, 2.05) is 43.7 Å². The van der Waals surface area contributed by atoms with E-state index in [0.29, 0.717) is 55.7 Å². The van der Waals surface area contributed by atoms with Crippen molar-refractivity contribution in [2.45, 2.75) is 52.5 Å². The Morgan fingerprint density at radius 1 is 1.10 bits per heavy atom. The SMILES string of the molecule is C=C(OCC)c1c(C)c2cnc(Nc3ccc(N4CCN(C(=O)O)CC4)cn3)c(C)c2n(C2CCCC2)c1=O. The molecule has 0 aromatic carbocycles. The van der Waals surface area contributed by atoms with E-state index in [1.54, 1.807) is 6.20 Å². The van der Waals surface area contributed by atoms with E-state index in [-0.39, 0.29) is 11.6 Å². The van der Waals surface area contributed by atoms with E-state index >= 15 is 0 Å². The molecule has 0 bridgehead atoms. The molecule has 206 valence electrons. The normalized spacial score (nSPS) is 16.1. The third kappa shape index (κ3) is 5.03. The van der Waals surface area contributed by atoms with Gasteiger partial charge < -0.3 is 29.5 Å². The number of rotatable bonds is 7. The Morgan fingerprint density at radius 2 is 1.82 bits per heavy atom. The highest BCUT2D eigenvalue weighted by Crippen LogP contribution is 2.36. The minimum absolute atomic E-state index is 0.0592. The van der Waals surface area contributed by atoms with Crippen LogP contribution in [0.5, 0.6) is 0 Å². The second kappa shape index (κ2) is 11.0. The van der Waals surface area contributed by atoms with Crippen molar-refractivity contribution < 1.29 is 14.6 Å². The van der Waals surface area contributed by atoms with Crippen LogP contribution >= 0.6 is 0 Å². The van der Waals surface area contributed by atoms with Gasteiger partial charge in [-0.25, -0.2) is 14.8 Å². The Hall–Kier alpha value is -4.08. The van der Waals surface area contributed by atoms with E-state index in [1.165, 1.54) is 4.90 Å². The maximum Gasteiger partial charge on any atom is 0.407 e. The highest BCUT2D eigenvalue weighted by Gasteiger charge is 2.27. The molecular weight excluding hydrogens is 496 g/mol. The number of amides is 1. The Labute approximate surface area is 227 Å². The zero-order valence-corrected chi connectivity index (χ0v) is 22.9. The molecule has 1 amide bonds. The number of aryl methyl sites for hydroxylation is 2. The van der Waals surface area contributed by atoms with Crippen LogP contribution in [0.15, 0.2) is 35.9 Å². The predicted molar refractivity (Wildman–Crippen MR) is 153 cm³/mol. The van der Waals surface area contributed by atoms with Crippen LogP contribution in [0.1, 0.15) is 55.3 Å². The number of carbonyl (C=O) groups is 1. The van der Waals surface area contributed by atoms with Gasteiger partial charge in [-0.1, -0.05) is 19.4 Å². The Morgan fingerprint density at radius 3 is 2.44 bits per heavy atom. The third-order valence-electron chi connectivity index (χ3n) is 7.94. The molecule has 39 heavy (non-hydrogen) atoms. The van der Waals surface area contributed by atoms with Crippen LogP contribution < -0.4 is 15.8 Å². The first kappa shape index (κ1) is 26.5. The van der Waals surface area contributed by atoms with Gasteiger partial charge in [0.2, 0.25) is 0 Å². The summed E-state index contributed by atoms with van der Waals surface area (Å²) >= 11 is 0. The van der Waals surface area contributed by atoms with Crippen molar-refractivity contribution in [3.63, 3.8) is 0 Å². The third-order valence-corrected chi connectivity index (χ3v) is 7.94. The Kier molecular flexibility index (Phi) is 7.45. The average Bonchev–Trinajstić information content (AvgIpc) is 3.46. The molecule has 5 rings (SSSR count). The molecule has 2 N–H and O–H groups in total. The maximum atomic E-state index is 13.9. The van der Waals surface area contributed by atoms with Crippen LogP contribution in [-0.2, 0) is 4.74 Å². The van der Waals surface area contributed by atoms with Gasteiger partial charge in [-0.3, -0.25) is 4.79 Å². The van der Waals surface area contributed by atoms with E-state index in [4.69, 9.17) is 9.72 Å². The molecule has 3 aromatic rings. The molecule has 10 heteroatoms. The molecule has 0 atom stereocenters. The van der Waals surface area contributed by atoms with Gasteiger partial charge in [0.1, 0.15) is 17.4 Å². The maximum absolute atomic E-state index is 13.9. The molecule has 3 aromatic heterocycles. The number of nitrogens with zero attached hydrogens (tertiary/aromatic N) is 5. The molecular formula is C29H36N6O4. The van der Waals surface area contributed by atoms with Crippen LogP contribution in [0.25, 0.3) is 16.7 Å². The zero-order valence-electron chi connectivity index (χ0n) is 22.9. The van der Waals surface area contributed by atoms with Gasteiger partial charge in [0, 0.05) is 49.4 Å². The van der Waals surface area contributed by atoms with Crippen molar-refractivity contribution in [3.05, 3.63) is 58.1 Å². The second-order valence-electron chi connectivity index (χ2n) is 10.2. The Balaban J connectivity index is 1.48. The number of aromatic nitrogens is 3. The molecule has 1 saturated carbocycles. The molecule has 10 nitrogen and oxygen atoms in total. The van der Waals surface area contributed by atoms with Gasteiger partial charge in [-0.05, 0) is 51.3 Å². The molecule has 1 aliphatic heterocycles. The smallest absolute Gasteiger partial charge is 0.407 e. The van der Waals surface area contributed by atoms with Gasteiger partial charge in [0.25, 0.3) is 5.56 Å². The zero-order chi connectivity index (χ0) is 27.7. The largest absolute Gasteiger partial charge is 0.494 e. The highest BCUT2D eigenvalue weighted by molar-refractivity contribution is 5.91. The number of nitrogens with one attached hydrogen (secondary N) is 1. The quantitative estimate of drug-likeness (QED) is 0.406. The summed E-state index contributed by atoms with van der Waals surface area (Å²) in [5.74, 6) is 1.70. The topological polar surface area (TPSA) is 113 Å². The van der Waals surface area contributed by atoms with E-state index in [9.17, 15) is 14.7 Å². The van der Waals surface area contributed by atoms with Crippen molar-refractivity contribution in [1.29, 1.82) is 0 Å². The van der Waals surface area contributed by atoms with Crippen LogP contribution in [0.4, 0.5) is 22.1 Å². The summed E-state index contributed by atoms with van der Waals surface area (Å²) in [6, 6.07) is 4.00. The van der Waals surface area contributed by atoms with Gasteiger partial charge in [-0.15, -0.1) is 0 Å². The van der Waals surface area contributed by atoms with Gasteiger partial charge in [-0.2, -0.15) is 0 Å². The number of piperazine rings is 1. The van der Waals surface area contributed by atoms with Crippen LogP contribution in [0, 0.1) is 13.8 Å². The fourth-order valence-corrected chi connectivity index (χ4v) is 5.84. The molecule has 1 saturated heterocycles. The van der Waals surface area contributed by atoms with Crippen molar-refractivity contribution in [2.24, 2.45) is 0 Å². The fraction of sp³-hybridized carbons (Fsp3) is 0.448. The molecule has 0 radical (unpaired) electrons. The van der Waals surface area contributed by atoms with Gasteiger partial charge >= 0.3 is 6.09 Å². The summed E-state index contributed by atoms with van der Waals surface area (Å²) in [6.45, 7) is 12.5. The Bertz CT molecular complexity index is 1450. The van der Waals surface area contributed by atoms with Crippen LogP contribution in [0.2, 0.25) is 0 Å². The lowest BCUT2D eigenvalue weighted by molar-refractivity contribution is 0.142. The van der Waals surface area contributed by atoms with Crippen molar-refractivity contribution >= 4 is 40.1 Å². The average molecular weight is 533 g/mol. The van der Waals surface area contributed by atoms with Gasteiger partial charge in [0.15, 0.2) is 0 Å². The van der Waals surface area contributed by atoms with Crippen molar-refractivity contribution in [2.75, 3.05) is 43.0 Å². The highest BCUT2D eigenvalue weighted by atomic mass is 16.5.